The third kappa shape index (κ3) is 5.67. The van der Waals surface area contributed by atoms with Gasteiger partial charge in [0.05, 0.1) is 25.0 Å². The summed E-state index contributed by atoms with van der Waals surface area (Å²) in [5, 5.41) is 32.5. The number of aliphatic hydroxyl groups excluding tert-OH is 3. The molecule has 2 saturated heterocycles. The first kappa shape index (κ1) is 25.5. The van der Waals surface area contributed by atoms with Gasteiger partial charge in [0, 0.05) is 0 Å². The number of nitrogens with one attached hydrogen (secondary N) is 1. The van der Waals surface area contributed by atoms with E-state index in [1.807, 2.05) is 6.92 Å². The van der Waals surface area contributed by atoms with E-state index in [9.17, 15) is 29.3 Å². The van der Waals surface area contributed by atoms with E-state index in [0.29, 0.717) is 6.42 Å². The second-order valence-electron chi connectivity index (χ2n) is 8.11. The molecule has 1 aromatic rings. The lowest BCUT2D eigenvalue weighted by atomic mass is 10.1. The lowest BCUT2D eigenvalue weighted by Gasteiger charge is -2.26. The summed E-state index contributed by atoms with van der Waals surface area (Å²) in [6.45, 7) is 5.18. The second-order valence-corrected chi connectivity index (χ2v) is 8.11. The van der Waals surface area contributed by atoms with Crippen LogP contribution in [0.2, 0.25) is 0 Å². The SMILES string of the molecule is CCCCCOC(=O)Nc1nc(=O)n([C@@H]2O[C@H](C)[C@@H](O)[C@H]2OC2O[C@@H](C)[C@H](O)[C@@H]2O)cc1F. The fourth-order valence-corrected chi connectivity index (χ4v) is 3.63. The average molecular weight is 475 g/mol. The van der Waals surface area contributed by atoms with Crippen molar-refractivity contribution in [2.24, 2.45) is 0 Å². The second kappa shape index (κ2) is 10.8. The normalized spacial score (nSPS) is 33.9. The van der Waals surface area contributed by atoms with Crippen LogP contribution in [-0.2, 0) is 18.9 Å². The van der Waals surface area contributed by atoms with Gasteiger partial charge in [-0.05, 0) is 20.3 Å². The molecule has 0 aromatic carbocycles. The molecular weight excluding hydrogens is 445 g/mol. The Bertz CT molecular complexity index is 885. The van der Waals surface area contributed by atoms with Crippen LogP contribution in [-0.4, -0.2) is 80.5 Å². The summed E-state index contributed by atoms with van der Waals surface area (Å²) in [5.74, 6) is -1.66. The highest BCUT2D eigenvalue weighted by Crippen LogP contribution is 2.34. The number of halogens is 1. The van der Waals surface area contributed by atoms with Gasteiger partial charge in [0.2, 0.25) is 0 Å². The summed E-state index contributed by atoms with van der Waals surface area (Å²) in [5.41, 5.74) is -0.987. The molecule has 3 rings (SSSR count). The highest BCUT2D eigenvalue weighted by molar-refractivity contribution is 5.83. The molecule has 186 valence electrons. The number of aromatic nitrogens is 2. The fraction of sp³-hybridized carbons (Fsp3) is 0.750. The van der Waals surface area contributed by atoms with Gasteiger partial charge in [-0.25, -0.2) is 14.0 Å². The first-order valence-electron chi connectivity index (χ1n) is 10.9. The van der Waals surface area contributed by atoms with E-state index in [0.717, 1.165) is 23.6 Å². The van der Waals surface area contributed by atoms with Crippen LogP contribution in [0.1, 0.15) is 46.3 Å². The molecule has 13 heteroatoms. The third-order valence-corrected chi connectivity index (χ3v) is 5.59. The number of rotatable bonds is 8. The summed E-state index contributed by atoms with van der Waals surface area (Å²) >= 11 is 0. The van der Waals surface area contributed by atoms with Crippen LogP contribution in [0.15, 0.2) is 11.0 Å². The number of ether oxygens (including phenoxy) is 4. The van der Waals surface area contributed by atoms with E-state index in [4.69, 9.17) is 18.9 Å². The van der Waals surface area contributed by atoms with Gasteiger partial charge in [-0.3, -0.25) is 9.88 Å². The molecule has 0 radical (unpaired) electrons. The Labute approximate surface area is 189 Å². The smallest absolute Gasteiger partial charge is 0.412 e. The van der Waals surface area contributed by atoms with Crippen molar-refractivity contribution in [1.29, 1.82) is 0 Å². The van der Waals surface area contributed by atoms with Gasteiger partial charge >= 0.3 is 11.8 Å². The van der Waals surface area contributed by atoms with Gasteiger partial charge in [0.1, 0.15) is 24.4 Å². The van der Waals surface area contributed by atoms with Gasteiger partial charge in [-0.15, -0.1) is 0 Å². The fourth-order valence-electron chi connectivity index (χ4n) is 3.63. The summed E-state index contributed by atoms with van der Waals surface area (Å²) in [7, 11) is 0. The summed E-state index contributed by atoms with van der Waals surface area (Å²) < 4.78 is 36.9. The molecule has 1 aromatic heterocycles. The topological polar surface area (TPSA) is 162 Å². The van der Waals surface area contributed by atoms with E-state index in [1.165, 1.54) is 13.8 Å². The molecule has 2 aliphatic heterocycles. The standard InChI is InChI=1S/C20H30FN3O9/c1-4-5-6-7-30-20(29)23-16-11(21)8-24(19(28)22-16)17-15(13(26)10(3)31-17)33-18-14(27)12(25)9(2)32-18/h8-10,12-15,17-18,25-27H,4-7H2,1-3H3,(H,22,23,28,29)/t9-,10+,12-,13+,14-,15+,17+,18?/m0/s1. The molecule has 2 aliphatic rings. The van der Waals surface area contributed by atoms with Crippen LogP contribution >= 0.6 is 0 Å². The number of hydrogen-bond acceptors (Lipinski definition) is 10. The van der Waals surface area contributed by atoms with Crippen LogP contribution in [0, 0.1) is 5.82 Å². The molecule has 12 nitrogen and oxygen atoms in total. The average Bonchev–Trinajstić information content (AvgIpc) is 3.18. The third-order valence-electron chi connectivity index (χ3n) is 5.59. The number of hydrogen-bond donors (Lipinski definition) is 4. The maximum Gasteiger partial charge on any atom is 0.412 e. The van der Waals surface area contributed by atoms with Gasteiger partial charge in [0.15, 0.2) is 24.2 Å². The van der Waals surface area contributed by atoms with Crippen LogP contribution in [0.25, 0.3) is 0 Å². The number of carbonyl (C=O) groups excluding carboxylic acids is 1. The Hall–Kier alpha value is -2.16. The van der Waals surface area contributed by atoms with E-state index < -0.39 is 72.6 Å². The highest BCUT2D eigenvalue weighted by Gasteiger charge is 2.49. The predicted molar refractivity (Wildman–Crippen MR) is 110 cm³/mol. The lowest BCUT2D eigenvalue weighted by Crippen LogP contribution is -2.43. The van der Waals surface area contributed by atoms with Crippen molar-refractivity contribution < 1.29 is 43.5 Å². The van der Waals surface area contributed by atoms with Crippen molar-refractivity contribution >= 4 is 11.9 Å². The lowest BCUT2D eigenvalue weighted by molar-refractivity contribution is -0.216. The van der Waals surface area contributed by atoms with E-state index in [2.05, 4.69) is 10.3 Å². The number of carbonyl (C=O) groups is 1. The Kier molecular flexibility index (Phi) is 8.37. The van der Waals surface area contributed by atoms with Crippen molar-refractivity contribution in [2.45, 2.75) is 89.2 Å². The van der Waals surface area contributed by atoms with Crippen molar-refractivity contribution in [3.05, 3.63) is 22.5 Å². The Morgan fingerprint density at radius 1 is 1.18 bits per heavy atom. The molecule has 1 amide bonds. The van der Waals surface area contributed by atoms with Gasteiger partial charge in [0.25, 0.3) is 0 Å². The molecular formula is C20H30FN3O9. The van der Waals surface area contributed by atoms with Crippen LogP contribution in [0.3, 0.4) is 0 Å². The zero-order chi connectivity index (χ0) is 24.3. The minimum absolute atomic E-state index is 0.144. The minimum atomic E-state index is -1.40. The van der Waals surface area contributed by atoms with Crippen molar-refractivity contribution in [1.82, 2.24) is 9.55 Å². The van der Waals surface area contributed by atoms with Crippen LogP contribution < -0.4 is 11.0 Å². The predicted octanol–water partition coefficient (Wildman–Crippen LogP) is 0.251. The Morgan fingerprint density at radius 2 is 1.88 bits per heavy atom. The minimum Gasteiger partial charge on any atom is -0.449 e. The molecule has 8 atom stereocenters. The summed E-state index contributed by atoms with van der Waals surface area (Å²) in [4.78, 5) is 27.9. The zero-order valence-electron chi connectivity index (χ0n) is 18.6. The van der Waals surface area contributed by atoms with E-state index >= 15 is 0 Å². The molecule has 3 heterocycles. The number of aliphatic hydroxyl groups is 3. The van der Waals surface area contributed by atoms with Gasteiger partial charge in [-0.1, -0.05) is 19.8 Å². The van der Waals surface area contributed by atoms with Crippen molar-refractivity contribution in [3.8, 4) is 0 Å². The number of nitrogens with zero attached hydrogens (tertiary/aromatic N) is 2. The van der Waals surface area contributed by atoms with Crippen LogP contribution in [0.4, 0.5) is 15.0 Å². The van der Waals surface area contributed by atoms with E-state index in [1.54, 1.807) is 0 Å². The number of anilines is 1. The van der Waals surface area contributed by atoms with Gasteiger partial charge < -0.3 is 34.3 Å². The first-order chi connectivity index (χ1) is 15.6. The first-order valence-corrected chi connectivity index (χ1v) is 10.9. The van der Waals surface area contributed by atoms with E-state index in [-0.39, 0.29) is 6.61 Å². The summed E-state index contributed by atoms with van der Waals surface area (Å²) in [6.07, 6.45) is -7.01. The maximum absolute atomic E-state index is 14.6. The monoisotopic (exact) mass is 475 g/mol. The molecule has 33 heavy (non-hydrogen) atoms. The molecule has 0 aliphatic carbocycles. The Morgan fingerprint density at radius 3 is 2.52 bits per heavy atom. The van der Waals surface area contributed by atoms with Crippen molar-refractivity contribution in [3.63, 3.8) is 0 Å². The maximum atomic E-state index is 14.6. The van der Waals surface area contributed by atoms with Crippen LogP contribution in [0.5, 0.6) is 0 Å². The number of amides is 1. The van der Waals surface area contributed by atoms with Crippen molar-refractivity contribution in [2.75, 3.05) is 11.9 Å². The molecule has 2 fully saturated rings. The largest absolute Gasteiger partial charge is 0.449 e. The molecule has 4 N–H and O–H groups in total. The molecule has 0 bridgehead atoms. The zero-order valence-corrected chi connectivity index (χ0v) is 18.6. The molecule has 0 saturated carbocycles. The summed E-state index contributed by atoms with van der Waals surface area (Å²) in [6, 6.07) is 0. The van der Waals surface area contributed by atoms with Gasteiger partial charge in [-0.2, -0.15) is 4.98 Å². The Balaban J connectivity index is 1.74. The molecule has 0 spiro atoms. The molecule has 1 unspecified atom stereocenters. The number of unbranched alkanes of at least 4 members (excludes halogenated alkanes) is 2. The highest BCUT2D eigenvalue weighted by atomic mass is 19.1. The quantitative estimate of drug-likeness (QED) is 0.384.